The van der Waals surface area contributed by atoms with E-state index in [0.29, 0.717) is 36.6 Å². The number of phenols is 1. The van der Waals surface area contributed by atoms with Crippen molar-refractivity contribution in [2.24, 2.45) is 0 Å². The first kappa shape index (κ1) is 19.6. The summed E-state index contributed by atoms with van der Waals surface area (Å²) in [6.45, 7) is 3.64. The topological polar surface area (TPSA) is 56.2 Å². The summed E-state index contributed by atoms with van der Waals surface area (Å²) >= 11 is 0. The molecule has 2 N–H and O–H groups in total. The van der Waals surface area contributed by atoms with E-state index in [0.717, 1.165) is 25.2 Å². The third-order valence-electron chi connectivity index (χ3n) is 5.17. The summed E-state index contributed by atoms with van der Waals surface area (Å²) in [5, 5.41) is 19.5. The average Bonchev–Trinajstić information content (AvgIpc) is 2.67. The standard InChI is InChI=1S/C21H27FN2O3/c1-27-19-7-6-16(20(22)12-19)14-24-10-9-23(15-18(24)8-11-25)13-17-4-2-3-5-21(17)26/h2-7,12,18,25-26H,8-11,13-15H2,1H3/t18-/m1/s1. The van der Waals surface area contributed by atoms with Crippen molar-refractivity contribution in [3.63, 3.8) is 0 Å². The van der Waals surface area contributed by atoms with Crippen LogP contribution in [0.5, 0.6) is 11.5 Å². The van der Waals surface area contributed by atoms with Crippen molar-refractivity contribution >= 4 is 0 Å². The number of halogens is 1. The fourth-order valence-corrected chi connectivity index (χ4v) is 3.62. The molecule has 27 heavy (non-hydrogen) atoms. The molecule has 2 aromatic carbocycles. The normalized spacial score (nSPS) is 18.6. The van der Waals surface area contributed by atoms with Gasteiger partial charge in [0.2, 0.25) is 0 Å². The molecular weight excluding hydrogens is 347 g/mol. The van der Waals surface area contributed by atoms with Crippen LogP contribution in [-0.4, -0.2) is 59.4 Å². The van der Waals surface area contributed by atoms with Crippen LogP contribution in [0.15, 0.2) is 42.5 Å². The van der Waals surface area contributed by atoms with E-state index in [1.807, 2.05) is 18.2 Å². The van der Waals surface area contributed by atoms with Gasteiger partial charge in [0, 0.05) is 62.6 Å². The second kappa shape index (κ2) is 9.17. The summed E-state index contributed by atoms with van der Waals surface area (Å²) in [7, 11) is 1.52. The number of methoxy groups -OCH3 is 1. The molecule has 1 heterocycles. The van der Waals surface area contributed by atoms with Gasteiger partial charge in [-0.15, -0.1) is 0 Å². The van der Waals surface area contributed by atoms with E-state index >= 15 is 0 Å². The second-order valence-corrected chi connectivity index (χ2v) is 6.96. The van der Waals surface area contributed by atoms with Gasteiger partial charge in [-0.3, -0.25) is 9.80 Å². The van der Waals surface area contributed by atoms with Gasteiger partial charge in [0.25, 0.3) is 0 Å². The number of aliphatic hydroxyl groups is 1. The first-order valence-corrected chi connectivity index (χ1v) is 9.27. The Morgan fingerprint density at radius 2 is 1.93 bits per heavy atom. The predicted molar refractivity (Wildman–Crippen MR) is 102 cm³/mol. The van der Waals surface area contributed by atoms with E-state index in [9.17, 15) is 14.6 Å². The Morgan fingerprint density at radius 3 is 2.63 bits per heavy atom. The van der Waals surface area contributed by atoms with Crippen molar-refractivity contribution in [3.8, 4) is 11.5 Å². The van der Waals surface area contributed by atoms with Gasteiger partial charge >= 0.3 is 0 Å². The predicted octanol–water partition coefficient (Wildman–Crippen LogP) is 2.61. The molecule has 0 unspecified atom stereocenters. The number of aromatic hydroxyl groups is 1. The minimum atomic E-state index is -0.270. The lowest BCUT2D eigenvalue weighted by Gasteiger charge is -2.41. The van der Waals surface area contributed by atoms with Gasteiger partial charge in [0.15, 0.2) is 0 Å². The minimum absolute atomic E-state index is 0.0939. The van der Waals surface area contributed by atoms with E-state index in [-0.39, 0.29) is 18.5 Å². The molecule has 3 rings (SSSR count). The maximum Gasteiger partial charge on any atom is 0.131 e. The van der Waals surface area contributed by atoms with Gasteiger partial charge in [0.1, 0.15) is 17.3 Å². The van der Waals surface area contributed by atoms with E-state index in [4.69, 9.17) is 4.74 Å². The van der Waals surface area contributed by atoms with E-state index in [2.05, 4.69) is 9.80 Å². The molecule has 0 aliphatic carbocycles. The van der Waals surface area contributed by atoms with Crippen LogP contribution in [0.2, 0.25) is 0 Å². The molecule has 6 heteroatoms. The van der Waals surface area contributed by atoms with Crippen molar-refractivity contribution in [3.05, 3.63) is 59.4 Å². The van der Waals surface area contributed by atoms with E-state index in [1.54, 1.807) is 18.2 Å². The number of hydrogen-bond acceptors (Lipinski definition) is 5. The third kappa shape index (κ3) is 4.97. The lowest BCUT2D eigenvalue weighted by molar-refractivity contribution is 0.0489. The van der Waals surface area contributed by atoms with Gasteiger partial charge in [-0.05, 0) is 18.6 Å². The zero-order valence-corrected chi connectivity index (χ0v) is 15.6. The highest BCUT2D eigenvalue weighted by Gasteiger charge is 2.27. The highest BCUT2D eigenvalue weighted by atomic mass is 19.1. The van der Waals surface area contributed by atoms with Crippen molar-refractivity contribution in [2.45, 2.75) is 25.6 Å². The molecule has 146 valence electrons. The summed E-state index contributed by atoms with van der Waals surface area (Å²) in [4.78, 5) is 4.50. The largest absolute Gasteiger partial charge is 0.508 e. The molecular formula is C21H27FN2O3. The van der Waals surface area contributed by atoms with Gasteiger partial charge in [-0.1, -0.05) is 24.3 Å². The number of ether oxygens (including phenoxy) is 1. The van der Waals surface area contributed by atoms with Crippen molar-refractivity contribution in [2.75, 3.05) is 33.4 Å². The SMILES string of the molecule is COc1ccc(CN2CCN(Cc3ccccc3O)C[C@H]2CCO)c(F)c1. The lowest BCUT2D eigenvalue weighted by Crippen LogP contribution is -2.52. The Morgan fingerprint density at radius 1 is 1.11 bits per heavy atom. The smallest absolute Gasteiger partial charge is 0.131 e. The molecule has 0 spiro atoms. The number of hydrogen-bond donors (Lipinski definition) is 2. The Bertz CT molecular complexity index is 756. The average molecular weight is 374 g/mol. The maximum atomic E-state index is 14.3. The van der Waals surface area contributed by atoms with Crippen molar-refractivity contribution in [1.29, 1.82) is 0 Å². The summed E-state index contributed by atoms with van der Waals surface area (Å²) in [5.41, 5.74) is 1.53. The van der Waals surface area contributed by atoms with Crippen LogP contribution in [0.4, 0.5) is 4.39 Å². The van der Waals surface area contributed by atoms with Crippen LogP contribution < -0.4 is 4.74 Å². The summed E-state index contributed by atoms with van der Waals surface area (Å²) in [6, 6.07) is 12.4. The molecule has 2 aromatic rings. The number of nitrogens with zero attached hydrogens (tertiary/aromatic N) is 2. The van der Waals surface area contributed by atoms with Crippen LogP contribution >= 0.6 is 0 Å². The van der Waals surface area contributed by atoms with Crippen molar-refractivity contribution < 1.29 is 19.3 Å². The monoisotopic (exact) mass is 374 g/mol. The first-order valence-electron chi connectivity index (χ1n) is 9.27. The molecule has 1 fully saturated rings. The van der Waals surface area contributed by atoms with E-state index < -0.39 is 0 Å². The third-order valence-corrected chi connectivity index (χ3v) is 5.17. The van der Waals surface area contributed by atoms with Crippen LogP contribution in [0.1, 0.15) is 17.5 Å². The summed E-state index contributed by atoms with van der Waals surface area (Å²) < 4.78 is 19.4. The van der Waals surface area contributed by atoms with Gasteiger partial charge < -0.3 is 14.9 Å². The molecule has 0 radical (unpaired) electrons. The molecule has 0 aromatic heterocycles. The van der Waals surface area contributed by atoms with E-state index in [1.165, 1.54) is 13.2 Å². The summed E-state index contributed by atoms with van der Waals surface area (Å²) in [5.74, 6) is 0.545. The molecule has 0 bridgehead atoms. The molecule has 1 aliphatic rings. The highest BCUT2D eigenvalue weighted by Crippen LogP contribution is 2.24. The molecule has 1 saturated heterocycles. The number of benzene rings is 2. The number of phenolic OH excluding ortho intramolecular Hbond substituents is 1. The fourth-order valence-electron chi connectivity index (χ4n) is 3.62. The molecule has 0 saturated carbocycles. The lowest BCUT2D eigenvalue weighted by atomic mass is 10.1. The number of rotatable bonds is 7. The first-order chi connectivity index (χ1) is 13.1. The molecule has 5 nitrogen and oxygen atoms in total. The number of para-hydroxylation sites is 1. The molecule has 1 atom stereocenters. The molecule has 0 amide bonds. The Balaban J connectivity index is 1.66. The fraction of sp³-hybridized carbons (Fsp3) is 0.429. The Hall–Kier alpha value is -2.15. The number of aliphatic hydroxyl groups excluding tert-OH is 1. The Labute approximate surface area is 159 Å². The summed E-state index contributed by atoms with van der Waals surface area (Å²) in [6.07, 6.45) is 0.634. The van der Waals surface area contributed by atoms with Gasteiger partial charge in [-0.2, -0.15) is 0 Å². The van der Waals surface area contributed by atoms with Crippen LogP contribution in [0.25, 0.3) is 0 Å². The highest BCUT2D eigenvalue weighted by molar-refractivity contribution is 5.32. The Kier molecular flexibility index (Phi) is 6.66. The van der Waals surface area contributed by atoms with Crippen LogP contribution in [0, 0.1) is 5.82 Å². The maximum absolute atomic E-state index is 14.3. The molecule has 1 aliphatic heterocycles. The number of piperazine rings is 1. The second-order valence-electron chi connectivity index (χ2n) is 6.96. The zero-order valence-electron chi connectivity index (χ0n) is 15.6. The van der Waals surface area contributed by atoms with Crippen LogP contribution in [-0.2, 0) is 13.1 Å². The quantitative estimate of drug-likeness (QED) is 0.780. The van der Waals surface area contributed by atoms with Gasteiger partial charge in [-0.25, -0.2) is 4.39 Å². The van der Waals surface area contributed by atoms with Crippen molar-refractivity contribution in [1.82, 2.24) is 9.80 Å². The van der Waals surface area contributed by atoms with Crippen LogP contribution in [0.3, 0.4) is 0 Å². The zero-order chi connectivity index (χ0) is 19.2. The minimum Gasteiger partial charge on any atom is -0.508 e. The van der Waals surface area contributed by atoms with Gasteiger partial charge in [0.05, 0.1) is 7.11 Å².